The third-order valence-electron chi connectivity index (χ3n) is 10.0. The second-order valence-electron chi connectivity index (χ2n) is 14.7. The fourth-order valence-corrected chi connectivity index (χ4v) is 6.97. The number of amides is 1. The summed E-state index contributed by atoms with van der Waals surface area (Å²) in [5.41, 5.74) is 5.37. The smallest absolute Gasteiger partial charge is 0.404 e. The quantitative estimate of drug-likeness (QED) is 0.0683. The Hall–Kier alpha value is -0.730. The number of rotatable bonds is 39. The zero-order valence-corrected chi connectivity index (χ0v) is 31.3. The Kier molecular flexibility index (Phi) is 38.8. The minimum Gasteiger partial charge on any atom is -0.446 e. The summed E-state index contributed by atoms with van der Waals surface area (Å²) < 4.78 is 5.46. The molecule has 3 nitrogen and oxygen atoms in total. The highest BCUT2D eigenvalue weighted by Gasteiger charge is 2.12. The number of hydrogen-bond acceptors (Lipinski definition) is 2. The minimum atomic E-state index is -0.593. The van der Waals surface area contributed by atoms with Crippen molar-refractivity contribution in [2.75, 3.05) is 0 Å². The largest absolute Gasteiger partial charge is 0.446 e. The van der Waals surface area contributed by atoms with Gasteiger partial charge in [0.1, 0.15) is 6.10 Å². The zero-order chi connectivity index (χ0) is 32.7. The highest BCUT2D eigenvalue weighted by Crippen LogP contribution is 2.19. The van der Waals surface area contributed by atoms with Gasteiger partial charge >= 0.3 is 6.09 Å². The molecule has 0 spiro atoms. The number of primary amides is 1. The van der Waals surface area contributed by atoms with Gasteiger partial charge in [-0.3, -0.25) is 0 Å². The highest BCUT2D eigenvalue weighted by atomic mass is 16.6. The van der Waals surface area contributed by atoms with Crippen LogP contribution in [0.3, 0.4) is 0 Å². The van der Waals surface area contributed by atoms with Crippen LogP contribution in [0.25, 0.3) is 0 Å². The first-order valence-electron chi connectivity index (χ1n) is 21.2. The summed E-state index contributed by atoms with van der Waals surface area (Å²) in [6.45, 7) is 4.59. The lowest BCUT2D eigenvalue weighted by Gasteiger charge is -2.16. The van der Waals surface area contributed by atoms with Crippen molar-refractivity contribution in [1.82, 2.24) is 0 Å². The van der Waals surface area contributed by atoms with Crippen molar-refractivity contribution in [3.8, 4) is 0 Å². The fourth-order valence-electron chi connectivity index (χ4n) is 6.97. The predicted molar refractivity (Wildman–Crippen MR) is 201 cm³/mol. The van der Waals surface area contributed by atoms with Gasteiger partial charge in [0, 0.05) is 0 Å². The molecule has 270 valence electrons. The molecule has 0 aliphatic rings. The van der Waals surface area contributed by atoms with Gasteiger partial charge in [0.15, 0.2) is 0 Å². The van der Waals surface area contributed by atoms with E-state index in [0.29, 0.717) is 0 Å². The Morgan fingerprint density at radius 3 is 0.711 bits per heavy atom. The van der Waals surface area contributed by atoms with Crippen LogP contribution in [0.2, 0.25) is 0 Å². The van der Waals surface area contributed by atoms with E-state index in [4.69, 9.17) is 10.5 Å². The van der Waals surface area contributed by atoms with E-state index in [1.54, 1.807) is 0 Å². The molecule has 0 radical (unpaired) electrons. The number of carbonyl (C=O) groups excluding carboxylic acids is 1. The Balaban J connectivity index is 3.44. The molecule has 3 heteroatoms. The molecule has 0 aliphatic heterocycles. The average Bonchev–Trinajstić information content (AvgIpc) is 3.03. The molecule has 1 amide bonds. The molecular weight excluding hydrogens is 550 g/mol. The van der Waals surface area contributed by atoms with Crippen molar-refractivity contribution in [3.05, 3.63) is 0 Å². The third-order valence-corrected chi connectivity index (χ3v) is 10.0. The maximum absolute atomic E-state index is 11.4. The Morgan fingerprint density at radius 1 is 0.356 bits per heavy atom. The molecule has 45 heavy (non-hydrogen) atoms. The second kappa shape index (κ2) is 39.4. The number of unbranched alkanes of at least 4 members (excludes halogenated alkanes) is 34. The molecule has 0 atom stereocenters. The van der Waals surface area contributed by atoms with Crippen LogP contribution in [-0.4, -0.2) is 12.2 Å². The number of hydrogen-bond donors (Lipinski definition) is 1. The van der Waals surface area contributed by atoms with Gasteiger partial charge in [-0.15, -0.1) is 0 Å². The van der Waals surface area contributed by atoms with Crippen LogP contribution >= 0.6 is 0 Å². The summed E-state index contributed by atoms with van der Waals surface area (Å²) in [6.07, 6.45) is 51.7. The van der Waals surface area contributed by atoms with Crippen molar-refractivity contribution in [2.24, 2.45) is 5.73 Å². The molecule has 0 unspecified atom stereocenters. The second-order valence-corrected chi connectivity index (χ2v) is 14.7. The van der Waals surface area contributed by atoms with Gasteiger partial charge in [-0.2, -0.15) is 0 Å². The predicted octanol–water partition coefficient (Wildman–Crippen LogP) is 15.3. The first-order valence-corrected chi connectivity index (χ1v) is 21.2. The first-order chi connectivity index (χ1) is 22.2. The van der Waals surface area contributed by atoms with E-state index in [1.807, 2.05) is 0 Å². The highest BCUT2D eigenvalue weighted by molar-refractivity contribution is 5.64. The van der Waals surface area contributed by atoms with Crippen LogP contribution in [0, 0.1) is 0 Å². The van der Waals surface area contributed by atoms with Gasteiger partial charge in [0.05, 0.1) is 0 Å². The van der Waals surface area contributed by atoms with E-state index >= 15 is 0 Å². The lowest BCUT2D eigenvalue weighted by molar-refractivity contribution is 0.0921. The fraction of sp³-hybridized carbons (Fsp3) is 0.976. The SMILES string of the molecule is CCCCCCCCCCCCCCCCCCCCC(CCCCCCCCCCCCCCCCCCCC)OC(N)=O. The lowest BCUT2D eigenvalue weighted by atomic mass is 10.0. The zero-order valence-electron chi connectivity index (χ0n) is 31.3. The molecule has 2 N–H and O–H groups in total. The van der Waals surface area contributed by atoms with Gasteiger partial charge in [0.2, 0.25) is 0 Å². The molecule has 0 fully saturated rings. The van der Waals surface area contributed by atoms with Gasteiger partial charge in [0.25, 0.3) is 0 Å². The van der Waals surface area contributed by atoms with Crippen LogP contribution in [-0.2, 0) is 4.74 Å². The number of nitrogens with two attached hydrogens (primary N) is 1. The van der Waals surface area contributed by atoms with E-state index in [-0.39, 0.29) is 6.10 Å². The van der Waals surface area contributed by atoms with Gasteiger partial charge in [-0.1, -0.05) is 232 Å². The van der Waals surface area contributed by atoms with Gasteiger partial charge < -0.3 is 10.5 Å². The van der Waals surface area contributed by atoms with Gasteiger partial charge in [-0.05, 0) is 25.7 Å². The van der Waals surface area contributed by atoms with Crippen molar-refractivity contribution < 1.29 is 9.53 Å². The number of carbonyl (C=O) groups is 1. The lowest BCUT2D eigenvalue weighted by Crippen LogP contribution is -2.22. The molecule has 0 rings (SSSR count). The van der Waals surface area contributed by atoms with Crippen molar-refractivity contribution in [1.29, 1.82) is 0 Å². The molecular formula is C42H85NO2. The molecule has 0 saturated carbocycles. The molecule has 0 heterocycles. The normalized spacial score (nSPS) is 11.5. The standard InChI is InChI=1S/C42H85NO2/c1-3-5-7-9-11-13-15-17-19-21-23-25-27-29-31-33-35-37-39-41(45-42(43)44)40-38-36-34-32-30-28-26-24-22-20-18-16-14-12-10-8-6-4-2/h41H,3-40H2,1-2H3,(H2,43,44). The van der Waals surface area contributed by atoms with E-state index in [9.17, 15) is 4.79 Å². The van der Waals surface area contributed by atoms with E-state index < -0.39 is 6.09 Å². The average molecular weight is 636 g/mol. The van der Waals surface area contributed by atoms with E-state index in [0.717, 1.165) is 25.7 Å². The summed E-state index contributed by atoms with van der Waals surface area (Å²) in [4.78, 5) is 11.4. The van der Waals surface area contributed by atoms with E-state index in [1.165, 1.54) is 218 Å². The first kappa shape index (κ1) is 44.3. The molecule has 0 saturated heterocycles. The van der Waals surface area contributed by atoms with Crippen LogP contribution in [0.5, 0.6) is 0 Å². The van der Waals surface area contributed by atoms with Crippen molar-refractivity contribution >= 4 is 6.09 Å². The molecule has 0 bridgehead atoms. The van der Waals surface area contributed by atoms with Crippen LogP contribution in [0.15, 0.2) is 0 Å². The van der Waals surface area contributed by atoms with E-state index in [2.05, 4.69) is 13.8 Å². The third kappa shape index (κ3) is 39.4. The summed E-state index contributed by atoms with van der Waals surface area (Å²) in [5, 5.41) is 0. The molecule has 0 aromatic rings. The minimum absolute atomic E-state index is 0.0321. The van der Waals surface area contributed by atoms with Crippen LogP contribution in [0.1, 0.15) is 258 Å². The van der Waals surface area contributed by atoms with Gasteiger partial charge in [-0.25, -0.2) is 4.79 Å². The van der Waals surface area contributed by atoms with Crippen LogP contribution in [0.4, 0.5) is 4.79 Å². The molecule has 0 aromatic heterocycles. The monoisotopic (exact) mass is 636 g/mol. The topological polar surface area (TPSA) is 52.3 Å². The summed E-state index contributed by atoms with van der Waals surface area (Å²) in [5.74, 6) is 0. The summed E-state index contributed by atoms with van der Waals surface area (Å²) >= 11 is 0. The maximum Gasteiger partial charge on any atom is 0.404 e. The van der Waals surface area contributed by atoms with Crippen LogP contribution < -0.4 is 5.73 Å². The Morgan fingerprint density at radius 2 is 0.533 bits per heavy atom. The maximum atomic E-state index is 11.4. The number of ether oxygens (including phenoxy) is 1. The Bertz CT molecular complexity index is 511. The van der Waals surface area contributed by atoms with Crippen molar-refractivity contribution in [2.45, 2.75) is 264 Å². The molecule has 0 aromatic carbocycles. The molecule has 0 aliphatic carbocycles. The Labute approximate surface area is 284 Å². The van der Waals surface area contributed by atoms with Crippen molar-refractivity contribution in [3.63, 3.8) is 0 Å². The summed E-state index contributed by atoms with van der Waals surface area (Å²) in [7, 11) is 0. The summed E-state index contributed by atoms with van der Waals surface area (Å²) in [6, 6.07) is 0.